The van der Waals surface area contributed by atoms with Crippen LogP contribution in [0, 0.1) is 23.2 Å². The predicted molar refractivity (Wildman–Crippen MR) is 96.0 cm³/mol. The van der Waals surface area contributed by atoms with E-state index < -0.39 is 0 Å². The molecular formula is C22H32O. The number of hydrogen-bond donors (Lipinski definition) is 0. The minimum Gasteiger partial charge on any atom is -0.497 e. The van der Waals surface area contributed by atoms with Crippen LogP contribution >= 0.6 is 0 Å². The number of aryl methyl sites for hydroxylation is 1. The van der Waals surface area contributed by atoms with Gasteiger partial charge in [0.25, 0.3) is 0 Å². The monoisotopic (exact) mass is 312 g/mol. The molecule has 5 atom stereocenters. The number of rotatable bonds is 2. The zero-order valence-corrected chi connectivity index (χ0v) is 15.1. The first kappa shape index (κ1) is 15.5. The smallest absolute Gasteiger partial charge is 0.119 e. The number of hydrogen-bond acceptors (Lipinski definition) is 1. The number of benzene rings is 1. The number of ether oxygens (including phenoxy) is 1. The molecule has 0 amide bonds. The van der Waals surface area contributed by atoms with Crippen LogP contribution in [-0.2, 0) is 6.42 Å². The van der Waals surface area contributed by atoms with Crippen LogP contribution < -0.4 is 4.74 Å². The SMILES string of the molecule is CCC1CCC[C@H]2[C@@H]3CCc4ccc(OC)cc4[C@H]3CC[C@]12C. The maximum atomic E-state index is 5.52. The van der Waals surface area contributed by atoms with Crippen LogP contribution in [0.25, 0.3) is 0 Å². The van der Waals surface area contributed by atoms with E-state index in [2.05, 4.69) is 32.0 Å². The van der Waals surface area contributed by atoms with E-state index in [-0.39, 0.29) is 0 Å². The Kier molecular flexibility index (Phi) is 3.94. The third-order valence-corrected chi connectivity index (χ3v) is 7.87. The molecule has 1 aromatic rings. The zero-order chi connectivity index (χ0) is 16.0. The van der Waals surface area contributed by atoms with Crippen LogP contribution in [0.5, 0.6) is 5.75 Å². The average molecular weight is 312 g/mol. The highest BCUT2D eigenvalue weighted by Gasteiger charge is 2.52. The summed E-state index contributed by atoms with van der Waals surface area (Å²) in [5.41, 5.74) is 3.84. The Hall–Kier alpha value is -0.980. The highest BCUT2D eigenvalue weighted by Crippen LogP contribution is 2.62. The van der Waals surface area contributed by atoms with Gasteiger partial charge in [0.1, 0.15) is 5.75 Å². The van der Waals surface area contributed by atoms with E-state index in [4.69, 9.17) is 4.74 Å². The van der Waals surface area contributed by atoms with Crippen molar-refractivity contribution < 1.29 is 4.74 Å². The van der Waals surface area contributed by atoms with Crippen molar-refractivity contribution in [2.24, 2.45) is 23.2 Å². The van der Waals surface area contributed by atoms with Gasteiger partial charge in [-0.2, -0.15) is 0 Å². The molecule has 0 aliphatic heterocycles. The van der Waals surface area contributed by atoms with Crippen LogP contribution in [-0.4, -0.2) is 7.11 Å². The highest BCUT2D eigenvalue weighted by atomic mass is 16.5. The van der Waals surface area contributed by atoms with Gasteiger partial charge in [-0.25, -0.2) is 0 Å². The van der Waals surface area contributed by atoms with Gasteiger partial charge in [-0.3, -0.25) is 0 Å². The second-order valence-corrected chi connectivity index (χ2v) is 8.56. The molecule has 2 fully saturated rings. The Morgan fingerprint density at radius 1 is 1.17 bits per heavy atom. The first-order valence-electron chi connectivity index (χ1n) is 9.84. The van der Waals surface area contributed by atoms with Crippen molar-refractivity contribution in [1.82, 2.24) is 0 Å². The molecule has 0 radical (unpaired) electrons. The van der Waals surface area contributed by atoms with E-state index >= 15 is 0 Å². The fourth-order valence-electron chi connectivity index (χ4n) is 6.65. The summed E-state index contributed by atoms with van der Waals surface area (Å²) in [6, 6.07) is 6.84. The van der Waals surface area contributed by atoms with Crippen LogP contribution in [0.2, 0.25) is 0 Å². The molecule has 2 saturated carbocycles. The molecule has 4 rings (SSSR count). The molecule has 23 heavy (non-hydrogen) atoms. The Morgan fingerprint density at radius 3 is 2.83 bits per heavy atom. The number of methoxy groups -OCH3 is 1. The molecular weight excluding hydrogens is 280 g/mol. The van der Waals surface area contributed by atoms with Crippen LogP contribution in [0.3, 0.4) is 0 Å². The Labute approximate surface area is 141 Å². The second-order valence-electron chi connectivity index (χ2n) is 8.56. The molecule has 0 spiro atoms. The van der Waals surface area contributed by atoms with E-state index in [1.807, 2.05) is 0 Å². The molecule has 1 aromatic carbocycles. The third kappa shape index (κ3) is 2.34. The largest absolute Gasteiger partial charge is 0.497 e. The quantitative estimate of drug-likeness (QED) is 0.654. The fourth-order valence-corrected chi connectivity index (χ4v) is 6.65. The van der Waals surface area contributed by atoms with Crippen molar-refractivity contribution in [2.45, 2.75) is 71.1 Å². The van der Waals surface area contributed by atoms with E-state index in [0.717, 1.165) is 29.4 Å². The Bertz CT molecular complexity index is 577. The van der Waals surface area contributed by atoms with Gasteiger partial charge in [0.05, 0.1) is 7.11 Å². The summed E-state index contributed by atoms with van der Waals surface area (Å²) in [7, 11) is 1.80. The summed E-state index contributed by atoms with van der Waals surface area (Å²) in [6.45, 7) is 5.06. The molecule has 0 N–H and O–H groups in total. The summed E-state index contributed by atoms with van der Waals surface area (Å²) in [5, 5.41) is 0. The summed E-state index contributed by atoms with van der Waals surface area (Å²) in [6.07, 6.45) is 11.3. The van der Waals surface area contributed by atoms with Crippen molar-refractivity contribution in [3.8, 4) is 5.75 Å². The lowest BCUT2D eigenvalue weighted by Crippen LogP contribution is -2.48. The molecule has 1 heteroatoms. The van der Waals surface area contributed by atoms with Gasteiger partial charge < -0.3 is 4.74 Å². The van der Waals surface area contributed by atoms with E-state index in [0.29, 0.717) is 5.41 Å². The first-order chi connectivity index (χ1) is 11.2. The van der Waals surface area contributed by atoms with Crippen LogP contribution in [0.15, 0.2) is 18.2 Å². The second kappa shape index (κ2) is 5.83. The fraction of sp³-hybridized carbons (Fsp3) is 0.727. The molecule has 3 aliphatic carbocycles. The summed E-state index contributed by atoms with van der Waals surface area (Å²) in [4.78, 5) is 0. The maximum absolute atomic E-state index is 5.52. The topological polar surface area (TPSA) is 9.23 Å². The maximum Gasteiger partial charge on any atom is 0.119 e. The normalized spacial score (nSPS) is 39.1. The predicted octanol–water partition coefficient (Wildman–Crippen LogP) is 5.97. The molecule has 126 valence electrons. The van der Waals surface area contributed by atoms with Crippen molar-refractivity contribution >= 4 is 0 Å². The Morgan fingerprint density at radius 2 is 2.04 bits per heavy atom. The summed E-state index contributed by atoms with van der Waals surface area (Å²) < 4.78 is 5.52. The van der Waals surface area contributed by atoms with E-state index in [1.165, 1.54) is 51.4 Å². The van der Waals surface area contributed by atoms with Gasteiger partial charge in [-0.15, -0.1) is 0 Å². The average Bonchev–Trinajstić information content (AvgIpc) is 2.59. The van der Waals surface area contributed by atoms with Crippen molar-refractivity contribution in [3.63, 3.8) is 0 Å². The summed E-state index contributed by atoms with van der Waals surface area (Å²) in [5.74, 6) is 4.69. The molecule has 0 aromatic heterocycles. The number of fused-ring (bicyclic) bond motifs is 5. The lowest BCUT2D eigenvalue weighted by Gasteiger charge is -2.57. The highest BCUT2D eigenvalue weighted by molar-refractivity contribution is 5.40. The third-order valence-electron chi connectivity index (χ3n) is 7.87. The van der Waals surface area contributed by atoms with Crippen molar-refractivity contribution in [1.29, 1.82) is 0 Å². The lowest BCUT2D eigenvalue weighted by atomic mass is 9.47. The molecule has 1 nitrogen and oxygen atoms in total. The molecule has 3 aliphatic rings. The Balaban J connectivity index is 1.68. The minimum absolute atomic E-state index is 0.616. The van der Waals surface area contributed by atoms with Crippen molar-refractivity contribution in [2.75, 3.05) is 7.11 Å². The van der Waals surface area contributed by atoms with Crippen LogP contribution in [0.4, 0.5) is 0 Å². The molecule has 0 saturated heterocycles. The summed E-state index contributed by atoms with van der Waals surface area (Å²) >= 11 is 0. The van der Waals surface area contributed by atoms with Gasteiger partial charge in [-0.05, 0) is 90.9 Å². The van der Waals surface area contributed by atoms with Gasteiger partial charge in [0, 0.05) is 0 Å². The molecule has 0 heterocycles. The molecule has 0 bridgehead atoms. The van der Waals surface area contributed by atoms with Gasteiger partial charge in [0.2, 0.25) is 0 Å². The minimum atomic E-state index is 0.616. The standard InChI is InChI=1S/C22H32O/c1-4-16-6-5-7-21-19-11-9-15-8-10-17(23-3)14-20(15)18(19)12-13-22(16,21)2/h8,10,14,16,18-19,21H,4-7,9,11-13H2,1-3H3/t16?,18-,19+,21-,22+/m0/s1. The first-order valence-corrected chi connectivity index (χ1v) is 9.84. The van der Waals surface area contributed by atoms with Gasteiger partial charge in [-0.1, -0.05) is 32.8 Å². The zero-order valence-electron chi connectivity index (χ0n) is 15.1. The van der Waals surface area contributed by atoms with E-state index in [1.54, 1.807) is 18.2 Å². The van der Waals surface area contributed by atoms with Crippen molar-refractivity contribution in [3.05, 3.63) is 29.3 Å². The van der Waals surface area contributed by atoms with Gasteiger partial charge >= 0.3 is 0 Å². The van der Waals surface area contributed by atoms with Crippen LogP contribution in [0.1, 0.15) is 75.8 Å². The van der Waals surface area contributed by atoms with E-state index in [9.17, 15) is 0 Å². The molecule has 1 unspecified atom stereocenters. The van der Waals surface area contributed by atoms with Gasteiger partial charge in [0.15, 0.2) is 0 Å². The lowest BCUT2D eigenvalue weighted by molar-refractivity contribution is -0.0511.